The van der Waals surface area contributed by atoms with Crippen LogP contribution in [0.4, 0.5) is 0 Å². The minimum atomic E-state index is 0.283. The van der Waals surface area contributed by atoms with Crippen molar-refractivity contribution in [2.75, 3.05) is 6.54 Å². The number of hydrogen-bond donors (Lipinski definition) is 1. The number of nitrogens with one attached hydrogen (secondary N) is 1. The van der Waals surface area contributed by atoms with E-state index in [4.69, 9.17) is 0 Å². The van der Waals surface area contributed by atoms with Gasteiger partial charge in [-0.05, 0) is 38.4 Å². The summed E-state index contributed by atoms with van der Waals surface area (Å²) in [4.78, 5) is 2.84. The Bertz CT molecular complexity index is 459. The van der Waals surface area contributed by atoms with Crippen molar-refractivity contribution in [3.8, 4) is 0 Å². The average molecular weight is 277 g/mol. The summed E-state index contributed by atoms with van der Waals surface area (Å²) >= 11 is 1.90. The fourth-order valence-electron chi connectivity index (χ4n) is 2.11. The topological polar surface area (TPSA) is 29.9 Å². The average Bonchev–Trinajstić information content (AvgIpc) is 3.08. The maximum Gasteiger partial charge on any atom is 0.0702 e. The molecule has 104 valence electrons. The maximum absolute atomic E-state index is 4.40. The molecule has 4 heteroatoms. The monoisotopic (exact) mass is 277 g/mol. The zero-order valence-corrected chi connectivity index (χ0v) is 12.8. The van der Waals surface area contributed by atoms with E-state index in [1.54, 1.807) is 0 Å². The Balaban J connectivity index is 2.23. The Morgan fingerprint density at radius 2 is 2.16 bits per heavy atom. The second-order valence-corrected chi connectivity index (χ2v) is 5.87. The highest BCUT2D eigenvalue weighted by Gasteiger charge is 2.17. The van der Waals surface area contributed by atoms with E-state index in [0.717, 1.165) is 25.9 Å². The van der Waals surface area contributed by atoms with Gasteiger partial charge in [0.05, 0.1) is 12.2 Å². The lowest BCUT2D eigenvalue weighted by atomic mass is 10.1. The minimum Gasteiger partial charge on any atom is -0.306 e. The summed E-state index contributed by atoms with van der Waals surface area (Å²) < 4.78 is 1.99. The van der Waals surface area contributed by atoms with Crippen molar-refractivity contribution in [3.05, 3.63) is 39.8 Å². The van der Waals surface area contributed by atoms with E-state index in [1.165, 1.54) is 15.3 Å². The van der Waals surface area contributed by atoms with E-state index >= 15 is 0 Å². The van der Waals surface area contributed by atoms with E-state index in [2.05, 4.69) is 49.5 Å². The molecule has 19 heavy (non-hydrogen) atoms. The summed E-state index contributed by atoms with van der Waals surface area (Å²) in [7, 11) is 0. The van der Waals surface area contributed by atoms with E-state index in [-0.39, 0.29) is 6.04 Å². The summed E-state index contributed by atoms with van der Waals surface area (Å²) in [5, 5.41) is 8.03. The number of aryl methyl sites for hydroxylation is 2. The molecule has 0 fully saturated rings. The molecule has 0 aliphatic rings. The van der Waals surface area contributed by atoms with Gasteiger partial charge in [0.25, 0.3) is 0 Å². The van der Waals surface area contributed by atoms with Gasteiger partial charge in [-0.1, -0.05) is 13.8 Å². The minimum absolute atomic E-state index is 0.283. The van der Waals surface area contributed by atoms with Crippen LogP contribution in [0.15, 0.2) is 24.5 Å². The number of rotatable bonds is 7. The highest BCUT2D eigenvalue weighted by atomic mass is 32.1. The smallest absolute Gasteiger partial charge is 0.0702 e. The Labute approximate surface area is 119 Å². The molecule has 3 nitrogen and oxygen atoms in total. The number of hydrogen-bond acceptors (Lipinski definition) is 3. The molecule has 0 bridgehead atoms. The Hall–Kier alpha value is -1.13. The first kappa shape index (κ1) is 14.3. The van der Waals surface area contributed by atoms with Crippen LogP contribution in [0, 0.1) is 0 Å². The molecule has 0 radical (unpaired) electrons. The Morgan fingerprint density at radius 1 is 1.32 bits per heavy atom. The molecule has 1 atom stereocenters. The first-order valence-electron chi connectivity index (χ1n) is 7.12. The second-order valence-electron chi connectivity index (χ2n) is 4.67. The van der Waals surface area contributed by atoms with Gasteiger partial charge in [0.15, 0.2) is 0 Å². The van der Waals surface area contributed by atoms with Gasteiger partial charge in [0.2, 0.25) is 0 Å². The van der Waals surface area contributed by atoms with E-state index in [9.17, 15) is 0 Å². The van der Waals surface area contributed by atoms with Crippen molar-refractivity contribution in [1.82, 2.24) is 15.1 Å². The van der Waals surface area contributed by atoms with Crippen molar-refractivity contribution in [2.45, 2.75) is 46.2 Å². The molecule has 2 aromatic heterocycles. The zero-order chi connectivity index (χ0) is 13.7. The summed E-state index contributed by atoms with van der Waals surface area (Å²) in [6, 6.07) is 4.77. The van der Waals surface area contributed by atoms with Crippen LogP contribution in [0.25, 0.3) is 0 Å². The predicted octanol–water partition coefficient (Wildman–Crippen LogP) is 3.62. The third kappa shape index (κ3) is 3.45. The number of thiophene rings is 1. The third-order valence-electron chi connectivity index (χ3n) is 3.22. The molecule has 0 saturated heterocycles. The molecule has 1 unspecified atom stereocenters. The fraction of sp³-hybridized carbons (Fsp3) is 0.533. The van der Waals surface area contributed by atoms with Gasteiger partial charge >= 0.3 is 0 Å². The lowest BCUT2D eigenvalue weighted by molar-refractivity contribution is 0.603. The lowest BCUT2D eigenvalue weighted by Gasteiger charge is -2.15. The molecule has 0 spiro atoms. The summed E-state index contributed by atoms with van der Waals surface area (Å²) in [6.45, 7) is 8.47. The molecule has 2 rings (SSSR count). The largest absolute Gasteiger partial charge is 0.306 e. The van der Waals surface area contributed by atoms with Crippen LogP contribution in [0.1, 0.15) is 48.6 Å². The molecule has 2 aromatic rings. The first-order chi connectivity index (χ1) is 9.28. The molecule has 0 aliphatic heterocycles. The van der Waals surface area contributed by atoms with Crippen molar-refractivity contribution in [3.63, 3.8) is 0 Å². The molecule has 1 N–H and O–H groups in total. The van der Waals surface area contributed by atoms with Gasteiger partial charge in [-0.15, -0.1) is 11.3 Å². The quantitative estimate of drug-likeness (QED) is 0.838. The second kappa shape index (κ2) is 6.87. The highest BCUT2D eigenvalue weighted by molar-refractivity contribution is 7.12. The van der Waals surface area contributed by atoms with Gasteiger partial charge in [-0.3, -0.25) is 4.68 Å². The van der Waals surface area contributed by atoms with Gasteiger partial charge in [-0.2, -0.15) is 5.10 Å². The van der Waals surface area contributed by atoms with Crippen molar-refractivity contribution < 1.29 is 0 Å². The lowest BCUT2D eigenvalue weighted by Crippen LogP contribution is -2.22. The van der Waals surface area contributed by atoms with Gasteiger partial charge in [-0.25, -0.2) is 0 Å². The van der Waals surface area contributed by atoms with Gasteiger partial charge in [0, 0.05) is 28.1 Å². The van der Waals surface area contributed by atoms with Crippen molar-refractivity contribution in [1.29, 1.82) is 0 Å². The van der Waals surface area contributed by atoms with Crippen LogP contribution in [-0.4, -0.2) is 16.3 Å². The highest BCUT2D eigenvalue weighted by Crippen LogP contribution is 2.28. The van der Waals surface area contributed by atoms with Gasteiger partial charge < -0.3 is 5.32 Å². The molecule has 0 saturated carbocycles. The van der Waals surface area contributed by atoms with Crippen LogP contribution in [0.2, 0.25) is 0 Å². The van der Waals surface area contributed by atoms with E-state index < -0.39 is 0 Å². The summed E-state index contributed by atoms with van der Waals surface area (Å²) in [5.41, 5.74) is 1.26. The van der Waals surface area contributed by atoms with E-state index in [0.29, 0.717) is 0 Å². The number of aromatic nitrogens is 2. The molecular formula is C15H23N3S. The van der Waals surface area contributed by atoms with Crippen LogP contribution < -0.4 is 5.32 Å². The first-order valence-corrected chi connectivity index (χ1v) is 7.94. The van der Waals surface area contributed by atoms with Crippen LogP contribution in [0.5, 0.6) is 0 Å². The van der Waals surface area contributed by atoms with Crippen LogP contribution >= 0.6 is 11.3 Å². The summed E-state index contributed by atoms with van der Waals surface area (Å²) in [6.07, 6.45) is 6.39. The zero-order valence-electron chi connectivity index (χ0n) is 12.0. The van der Waals surface area contributed by atoms with Crippen LogP contribution in [-0.2, 0) is 13.0 Å². The van der Waals surface area contributed by atoms with E-state index in [1.807, 2.05) is 22.2 Å². The molecule has 0 amide bonds. The normalized spacial score (nSPS) is 12.8. The van der Waals surface area contributed by atoms with Crippen molar-refractivity contribution >= 4 is 11.3 Å². The molecule has 0 aliphatic carbocycles. The Kier molecular flexibility index (Phi) is 5.16. The molecule has 2 heterocycles. The fourth-order valence-corrected chi connectivity index (χ4v) is 3.17. The molecular weight excluding hydrogens is 254 g/mol. The maximum atomic E-state index is 4.40. The standard InChI is InChI=1S/C15H23N3S/c1-4-9-16-15(12-10-17-18(6-3)11-12)14-8-7-13(5-2)19-14/h7-8,10-11,15-16H,4-6,9H2,1-3H3. The molecule has 0 aromatic carbocycles. The SMILES string of the molecule is CCCNC(c1cnn(CC)c1)c1ccc(CC)s1. The predicted molar refractivity (Wildman–Crippen MR) is 81.7 cm³/mol. The number of nitrogens with zero attached hydrogens (tertiary/aromatic N) is 2. The van der Waals surface area contributed by atoms with Crippen LogP contribution in [0.3, 0.4) is 0 Å². The van der Waals surface area contributed by atoms with Crippen molar-refractivity contribution in [2.24, 2.45) is 0 Å². The van der Waals surface area contributed by atoms with Gasteiger partial charge in [0.1, 0.15) is 0 Å². The third-order valence-corrected chi connectivity index (χ3v) is 4.52. The summed E-state index contributed by atoms with van der Waals surface area (Å²) in [5.74, 6) is 0. The Morgan fingerprint density at radius 3 is 2.74 bits per heavy atom.